The van der Waals surface area contributed by atoms with Gasteiger partial charge in [-0.2, -0.15) is 0 Å². The summed E-state index contributed by atoms with van der Waals surface area (Å²) in [6.07, 6.45) is 1.64. The van der Waals surface area contributed by atoms with Gasteiger partial charge in [0.25, 0.3) is 0 Å². The topological polar surface area (TPSA) is 86.0 Å². The van der Waals surface area contributed by atoms with Crippen molar-refractivity contribution in [1.29, 1.82) is 0 Å². The lowest BCUT2D eigenvalue weighted by molar-refractivity contribution is -0.121. The van der Waals surface area contributed by atoms with Crippen LogP contribution in [0.2, 0.25) is 0 Å². The Morgan fingerprint density at radius 2 is 1.43 bits per heavy atom. The molecule has 0 fully saturated rings. The van der Waals surface area contributed by atoms with Crippen LogP contribution in [-0.2, 0) is 24.4 Å². The first-order valence-corrected chi connectivity index (χ1v) is 9.56. The summed E-state index contributed by atoms with van der Waals surface area (Å²) in [6, 6.07) is 22.0. The van der Waals surface area contributed by atoms with Crippen LogP contribution < -0.4 is 16.4 Å². The Hall–Kier alpha value is -4.00. The van der Waals surface area contributed by atoms with E-state index in [9.17, 15) is 14.4 Å². The van der Waals surface area contributed by atoms with Crippen molar-refractivity contribution in [3.8, 4) is 0 Å². The summed E-state index contributed by atoms with van der Waals surface area (Å²) in [5.41, 5.74) is 1.37. The smallest absolute Gasteiger partial charge is 0.317 e. The molecule has 1 amide bonds. The average molecular weight is 400 g/mol. The van der Waals surface area contributed by atoms with Crippen LogP contribution >= 0.6 is 0 Å². The molecule has 7 heteroatoms. The van der Waals surface area contributed by atoms with Crippen molar-refractivity contribution in [2.75, 3.05) is 0 Å². The minimum Gasteiger partial charge on any atom is -0.349 e. The molecule has 150 valence electrons. The van der Waals surface area contributed by atoms with E-state index in [-0.39, 0.29) is 25.5 Å². The molecule has 2 heterocycles. The predicted molar refractivity (Wildman–Crippen MR) is 114 cm³/mol. The molecule has 7 nitrogen and oxygen atoms in total. The number of pyridine rings is 1. The van der Waals surface area contributed by atoms with Crippen LogP contribution in [0, 0.1) is 0 Å². The van der Waals surface area contributed by atoms with Gasteiger partial charge in [0, 0.05) is 6.20 Å². The third-order valence-electron chi connectivity index (χ3n) is 4.81. The quantitative estimate of drug-likeness (QED) is 0.501. The van der Waals surface area contributed by atoms with Gasteiger partial charge >= 0.3 is 11.1 Å². The van der Waals surface area contributed by atoms with Gasteiger partial charge in [-0.25, -0.2) is 0 Å². The molecule has 0 unspecified atom stereocenters. The molecule has 1 N–H and O–H groups in total. The Labute approximate surface area is 172 Å². The number of carbonyl (C=O) groups excluding carboxylic acids is 1. The summed E-state index contributed by atoms with van der Waals surface area (Å²) in [6.45, 7) is 0.285. The highest BCUT2D eigenvalue weighted by Crippen LogP contribution is 2.12. The van der Waals surface area contributed by atoms with E-state index in [0.29, 0.717) is 16.7 Å². The van der Waals surface area contributed by atoms with E-state index in [0.717, 1.165) is 5.56 Å². The highest BCUT2D eigenvalue weighted by molar-refractivity contribution is 5.80. The molecule has 30 heavy (non-hydrogen) atoms. The predicted octanol–water partition coefficient (Wildman–Crippen LogP) is 1.92. The fraction of sp³-hybridized carbons (Fsp3) is 0.130. The van der Waals surface area contributed by atoms with Crippen LogP contribution in [0.5, 0.6) is 0 Å². The van der Waals surface area contributed by atoms with E-state index in [1.165, 1.54) is 9.13 Å². The minimum atomic E-state index is -0.724. The maximum absolute atomic E-state index is 12.9. The summed E-state index contributed by atoms with van der Waals surface area (Å²) >= 11 is 0. The largest absolute Gasteiger partial charge is 0.349 e. The van der Waals surface area contributed by atoms with Gasteiger partial charge in [0.1, 0.15) is 6.54 Å². The number of carbonyl (C=O) groups is 1. The van der Waals surface area contributed by atoms with Crippen LogP contribution in [-0.4, -0.2) is 20.0 Å². The lowest BCUT2D eigenvalue weighted by atomic mass is 10.2. The number of hydrogen-bond donors (Lipinski definition) is 1. The summed E-state index contributed by atoms with van der Waals surface area (Å²) in [4.78, 5) is 42.3. The molecule has 4 aromatic rings. The van der Waals surface area contributed by atoms with Crippen molar-refractivity contribution >= 4 is 16.9 Å². The molecule has 0 aliphatic rings. The van der Waals surface area contributed by atoms with Crippen LogP contribution in [0.4, 0.5) is 0 Å². The third-order valence-corrected chi connectivity index (χ3v) is 4.81. The zero-order chi connectivity index (χ0) is 20.9. The number of rotatable bonds is 6. The van der Waals surface area contributed by atoms with Crippen molar-refractivity contribution in [3.05, 3.63) is 111 Å². The Kier molecular flexibility index (Phi) is 5.52. The Balaban J connectivity index is 1.67. The number of benzene rings is 2. The molecule has 0 aliphatic carbocycles. The standard InChI is InChI=1S/C23H20N4O3/c28-21(25-14-18-10-6-7-13-24-18)16-27-20-12-5-4-11-19(20)26(22(29)23(27)30)15-17-8-2-1-3-9-17/h1-13H,14-16H2,(H,25,28). The zero-order valence-electron chi connectivity index (χ0n) is 16.2. The van der Waals surface area contributed by atoms with Gasteiger partial charge in [0.2, 0.25) is 5.91 Å². The van der Waals surface area contributed by atoms with Gasteiger partial charge < -0.3 is 5.32 Å². The highest BCUT2D eigenvalue weighted by atomic mass is 16.2. The lowest BCUT2D eigenvalue weighted by Gasteiger charge is -2.15. The number of aromatic nitrogens is 3. The van der Waals surface area contributed by atoms with Crippen LogP contribution in [0.3, 0.4) is 0 Å². The molecule has 4 rings (SSSR count). The monoisotopic (exact) mass is 400 g/mol. The summed E-state index contributed by atoms with van der Waals surface area (Å²) in [7, 11) is 0. The zero-order valence-corrected chi connectivity index (χ0v) is 16.2. The second-order valence-corrected chi connectivity index (χ2v) is 6.85. The second kappa shape index (κ2) is 8.57. The van der Waals surface area contributed by atoms with Crippen molar-refractivity contribution in [2.45, 2.75) is 19.6 Å². The van der Waals surface area contributed by atoms with Crippen LogP contribution in [0.25, 0.3) is 11.0 Å². The van der Waals surface area contributed by atoms with Crippen molar-refractivity contribution < 1.29 is 4.79 Å². The molecule has 0 radical (unpaired) electrons. The first kappa shape index (κ1) is 19.3. The van der Waals surface area contributed by atoms with Gasteiger partial charge in [0.15, 0.2) is 0 Å². The molecule has 2 aromatic heterocycles. The first-order chi connectivity index (χ1) is 14.6. The number of amides is 1. The van der Waals surface area contributed by atoms with Gasteiger partial charge in [-0.1, -0.05) is 48.5 Å². The summed E-state index contributed by atoms with van der Waals surface area (Å²) in [5, 5.41) is 2.74. The van der Waals surface area contributed by atoms with E-state index in [2.05, 4.69) is 10.3 Å². The number of nitrogens with one attached hydrogen (secondary N) is 1. The maximum atomic E-state index is 12.9. The first-order valence-electron chi connectivity index (χ1n) is 9.56. The van der Waals surface area contributed by atoms with E-state index in [4.69, 9.17) is 0 Å². The maximum Gasteiger partial charge on any atom is 0.317 e. The van der Waals surface area contributed by atoms with E-state index < -0.39 is 11.1 Å². The van der Waals surface area contributed by atoms with E-state index in [1.54, 1.807) is 42.6 Å². The fourth-order valence-corrected chi connectivity index (χ4v) is 3.34. The van der Waals surface area contributed by atoms with Gasteiger partial charge in [-0.05, 0) is 29.8 Å². The molecule has 0 saturated carbocycles. The second-order valence-electron chi connectivity index (χ2n) is 6.85. The molecule has 0 saturated heterocycles. The number of para-hydroxylation sites is 2. The van der Waals surface area contributed by atoms with Crippen LogP contribution in [0.15, 0.2) is 88.6 Å². The van der Waals surface area contributed by atoms with E-state index in [1.807, 2.05) is 36.4 Å². The highest BCUT2D eigenvalue weighted by Gasteiger charge is 2.15. The summed E-state index contributed by atoms with van der Waals surface area (Å²) in [5.74, 6) is -0.367. The molecule has 0 spiro atoms. The molecular weight excluding hydrogens is 380 g/mol. The molecule has 0 bridgehead atoms. The Morgan fingerprint density at radius 3 is 2.13 bits per heavy atom. The number of nitrogens with zero attached hydrogens (tertiary/aromatic N) is 3. The average Bonchev–Trinajstić information content (AvgIpc) is 2.79. The Bertz CT molecular complexity index is 1300. The normalized spacial score (nSPS) is 10.8. The summed E-state index contributed by atoms with van der Waals surface area (Å²) < 4.78 is 2.68. The van der Waals surface area contributed by atoms with Crippen LogP contribution in [0.1, 0.15) is 11.3 Å². The SMILES string of the molecule is O=C(Cn1c(=O)c(=O)n(Cc2ccccc2)c2ccccc21)NCc1ccccn1. The third kappa shape index (κ3) is 4.05. The fourth-order valence-electron chi connectivity index (χ4n) is 3.34. The van der Waals surface area contributed by atoms with Gasteiger partial charge in [0.05, 0.1) is 29.8 Å². The molecule has 0 aliphatic heterocycles. The number of fused-ring (bicyclic) bond motifs is 1. The van der Waals surface area contributed by atoms with Crippen molar-refractivity contribution in [1.82, 2.24) is 19.4 Å². The molecule has 0 atom stereocenters. The number of hydrogen-bond acceptors (Lipinski definition) is 4. The lowest BCUT2D eigenvalue weighted by Crippen LogP contribution is -2.44. The van der Waals surface area contributed by atoms with Crippen molar-refractivity contribution in [3.63, 3.8) is 0 Å². The minimum absolute atomic E-state index is 0.242. The van der Waals surface area contributed by atoms with E-state index >= 15 is 0 Å². The van der Waals surface area contributed by atoms with Gasteiger partial charge in [-0.15, -0.1) is 0 Å². The molecular formula is C23H20N4O3. The van der Waals surface area contributed by atoms with Gasteiger partial charge in [-0.3, -0.25) is 28.5 Å². The Morgan fingerprint density at radius 1 is 0.800 bits per heavy atom. The van der Waals surface area contributed by atoms with Crippen molar-refractivity contribution in [2.24, 2.45) is 0 Å². The molecule has 2 aromatic carbocycles.